The van der Waals surface area contributed by atoms with Gasteiger partial charge in [-0.2, -0.15) is 14.9 Å². The van der Waals surface area contributed by atoms with Gasteiger partial charge in [0.05, 0.1) is 24.9 Å². The second-order valence-corrected chi connectivity index (χ2v) is 5.36. The third-order valence-corrected chi connectivity index (χ3v) is 3.92. The molecule has 0 aliphatic heterocycles. The number of rotatable bonds is 4. The monoisotopic (exact) mass is 384 g/mol. The number of hydrogen-bond acceptors (Lipinski definition) is 6. The van der Waals surface area contributed by atoms with Crippen molar-refractivity contribution in [2.45, 2.75) is 6.92 Å². The molecule has 0 bridgehead atoms. The molecule has 1 heterocycles. The smallest absolute Gasteiger partial charge is 0.296 e. The number of halogens is 1. The molecule has 116 valence electrons. The van der Waals surface area contributed by atoms with Gasteiger partial charge in [-0.3, -0.25) is 9.89 Å². The highest BCUT2D eigenvalue weighted by Gasteiger charge is 2.11. The summed E-state index contributed by atoms with van der Waals surface area (Å²) in [5.74, 6) is 1.12. The molecule has 0 aliphatic carbocycles. The number of hydrogen-bond donors (Lipinski definition) is 1. The molecule has 2 aromatic rings. The molecule has 1 aromatic heterocycles. The van der Waals surface area contributed by atoms with Gasteiger partial charge in [-0.15, -0.1) is 0 Å². The zero-order valence-electron chi connectivity index (χ0n) is 12.1. The third kappa shape index (κ3) is 3.09. The Bertz CT molecular complexity index is 844. The van der Waals surface area contributed by atoms with E-state index in [0.29, 0.717) is 21.5 Å². The average molecular weight is 385 g/mol. The lowest BCUT2D eigenvalue weighted by atomic mass is 10.2. The Morgan fingerprint density at radius 1 is 1.41 bits per heavy atom. The van der Waals surface area contributed by atoms with Gasteiger partial charge in [0.25, 0.3) is 5.56 Å². The molecule has 1 aromatic carbocycles. The molecule has 0 spiro atoms. The summed E-state index contributed by atoms with van der Waals surface area (Å²) < 4.78 is 12.3. The van der Waals surface area contributed by atoms with Gasteiger partial charge >= 0.3 is 0 Å². The minimum absolute atomic E-state index is 0.114. The third-order valence-electron chi connectivity index (χ3n) is 2.84. The lowest BCUT2D eigenvalue weighted by Gasteiger charge is -2.10. The molecule has 7 nitrogen and oxygen atoms in total. The Balaban J connectivity index is 2.51. The van der Waals surface area contributed by atoms with Crippen molar-refractivity contribution in [1.82, 2.24) is 14.9 Å². The molecular weight excluding hydrogens is 372 g/mol. The summed E-state index contributed by atoms with van der Waals surface area (Å²) >= 11 is 8.44. The van der Waals surface area contributed by atoms with E-state index < -0.39 is 0 Å². The number of methoxy groups -OCH3 is 2. The fourth-order valence-electron chi connectivity index (χ4n) is 1.70. The summed E-state index contributed by atoms with van der Waals surface area (Å²) in [4.78, 5) is 12.0. The minimum Gasteiger partial charge on any atom is -0.493 e. The quantitative estimate of drug-likeness (QED) is 0.645. The summed E-state index contributed by atoms with van der Waals surface area (Å²) in [6.45, 7) is 1.58. The summed E-state index contributed by atoms with van der Waals surface area (Å²) in [5, 5.41) is 10.4. The first kappa shape index (κ1) is 16.4. The van der Waals surface area contributed by atoms with Crippen LogP contribution in [0.5, 0.6) is 11.5 Å². The lowest BCUT2D eigenvalue weighted by molar-refractivity contribution is 0.353. The van der Waals surface area contributed by atoms with E-state index >= 15 is 0 Å². The highest BCUT2D eigenvalue weighted by molar-refractivity contribution is 9.10. The second-order valence-electron chi connectivity index (χ2n) is 4.18. The Hall–Kier alpha value is -2.00. The van der Waals surface area contributed by atoms with Crippen LogP contribution in [0.3, 0.4) is 0 Å². The predicted octanol–water partition coefficient (Wildman–Crippen LogP) is 2.27. The maximum atomic E-state index is 12.0. The van der Waals surface area contributed by atoms with Crippen LogP contribution in [0.2, 0.25) is 0 Å². The van der Waals surface area contributed by atoms with Crippen LogP contribution in [0.15, 0.2) is 26.5 Å². The highest BCUT2D eigenvalue weighted by atomic mass is 79.9. The number of aromatic amines is 1. The zero-order chi connectivity index (χ0) is 16.3. The fraction of sp³-hybridized carbons (Fsp3) is 0.231. The molecule has 0 radical (unpaired) electrons. The van der Waals surface area contributed by atoms with Gasteiger partial charge in [-0.25, -0.2) is 0 Å². The van der Waals surface area contributed by atoms with Crippen LogP contribution in [-0.2, 0) is 0 Å². The number of nitrogens with zero attached hydrogens (tertiary/aromatic N) is 3. The van der Waals surface area contributed by atoms with E-state index in [1.807, 2.05) is 0 Å². The standard InChI is InChI=1S/C13H13BrN4O3S/c1-7-12(19)18(13(22)17-16-7)15-6-8-4-5-9(20-2)11(21-3)10(8)14/h4-6H,1-3H3,(H,17,22)/b15-6-. The molecule has 0 amide bonds. The van der Waals surface area contributed by atoms with Crippen molar-refractivity contribution in [3.05, 3.63) is 43.0 Å². The molecule has 2 rings (SSSR count). The van der Waals surface area contributed by atoms with Gasteiger partial charge in [0, 0.05) is 5.56 Å². The van der Waals surface area contributed by atoms with Crippen molar-refractivity contribution in [2.75, 3.05) is 14.2 Å². The SMILES string of the molecule is COc1ccc(/C=N\n2c(=S)[nH]nc(C)c2=O)c(Br)c1OC. The normalized spacial score (nSPS) is 10.9. The predicted molar refractivity (Wildman–Crippen MR) is 88.7 cm³/mol. The minimum atomic E-state index is -0.378. The van der Waals surface area contributed by atoms with E-state index in [0.717, 1.165) is 4.68 Å². The molecule has 1 N–H and O–H groups in total. The number of ether oxygens (including phenoxy) is 2. The molecule has 0 saturated carbocycles. The first-order valence-electron chi connectivity index (χ1n) is 6.12. The van der Waals surface area contributed by atoms with Crippen molar-refractivity contribution in [3.63, 3.8) is 0 Å². The second kappa shape index (κ2) is 6.84. The van der Waals surface area contributed by atoms with E-state index in [1.54, 1.807) is 26.2 Å². The maximum Gasteiger partial charge on any atom is 0.296 e. The number of nitrogens with one attached hydrogen (secondary N) is 1. The van der Waals surface area contributed by atoms with E-state index in [-0.39, 0.29) is 16.0 Å². The van der Waals surface area contributed by atoms with Crippen LogP contribution in [0.1, 0.15) is 11.3 Å². The van der Waals surface area contributed by atoms with Crippen molar-refractivity contribution in [2.24, 2.45) is 5.10 Å². The number of H-pyrrole nitrogens is 1. The first-order chi connectivity index (χ1) is 10.5. The van der Waals surface area contributed by atoms with E-state index in [2.05, 4.69) is 31.2 Å². The van der Waals surface area contributed by atoms with Gasteiger partial charge in [-0.1, -0.05) is 0 Å². The largest absolute Gasteiger partial charge is 0.493 e. The van der Waals surface area contributed by atoms with Crippen LogP contribution >= 0.6 is 28.1 Å². The molecule has 0 aliphatic rings. The Morgan fingerprint density at radius 3 is 2.77 bits per heavy atom. The summed E-state index contributed by atoms with van der Waals surface area (Å²) in [6, 6.07) is 3.52. The van der Waals surface area contributed by atoms with Gasteiger partial charge in [0.2, 0.25) is 4.77 Å². The Kier molecular flexibility index (Phi) is 5.09. The van der Waals surface area contributed by atoms with Crippen LogP contribution in [0.4, 0.5) is 0 Å². The number of aryl methyl sites for hydroxylation is 1. The number of benzene rings is 1. The van der Waals surface area contributed by atoms with Crippen LogP contribution in [0.25, 0.3) is 0 Å². The average Bonchev–Trinajstić information content (AvgIpc) is 2.52. The Morgan fingerprint density at radius 2 is 2.14 bits per heavy atom. The van der Waals surface area contributed by atoms with Crippen molar-refractivity contribution < 1.29 is 9.47 Å². The summed E-state index contributed by atoms with van der Waals surface area (Å²) in [5.41, 5.74) is 0.599. The fourth-order valence-corrected chi connectivity index (χ4v) is 2.47. The molecule has 22 heavy (non-hydrogen) atoms. The zero-order valence-corrected chi connectivity index (χ0v) is 14.5. The van der Waals surface area contributed by atoms with Crippen molar-refractivity contribution in [1.29, 1.82) is 0 Å². The van der Waals surface area contributed by atoms with E-state index in [1.165, 1.54) is 13.3 Å². The molecule has 0 atom stereocenters. The van der Waals surface area contributed by atoms with Crippen molar-refractivity contribution in [3.8, 4) is 11.5 Å². The van der Waals surface area contributed by atoms with Crippen LogP contribution in [-0.4, -0.2) is 35.3 Å². The molecule has 9 heteroatoms. The van der Waals surface area contributed by atoms with Crippen LogP contribution in [0, 0.1) is 11.7 Å². The summed E-state index contributed by atoms with van der Waals surface area (Å²) in [6.07, 6.45) is 1.50. The van der Waals surface area contributed by atoms with Gasteiger partial charge in [0.1, 0.15) is 5.69 Å². The highest BCUT2D eigenvalue weighted by Crippen LogP contribution is 2.36. The Labute approximate surface area is 139 Å². The van der Waals surface area contributed by atoms with Crippen molar-refractivity contribution >= 4 is 34.4 Å². The van der Waals surface area contributed by atoms with Crippen LogP contribution < -0.4 is 15.0 Å². The topological polar surface area (TPSA) is 81.5 Å². The molecular formula is C13H13BrN4O3S. The van der Waals surface area contributed by atoms with E-state index in [4.69, 9.17) is 21.7 Å². The molecule has 0 saturated heterocycles. The number of aromatic nitrogens is 3. The molecule has 0 unspecified atom stereocenters. The first-order valence-corrected chi connectivity index (χ1v) is 7.33. The summed E-state index contributed by atoms with van der Waals surface area (Å²) in [7, 11) is 3.09. The van der Waals surface area contributed by atoms with E-state index in [9.17, 15) is 4.79 Å². The van der Waals surface area contributed by atoms with Gasteiger partial charge in [0.15, 0.2) is 11.5 Å². The lowest BCUT2D eigenvalue weighted by Crippen LogP contribution is -2.22. The van der Waals surface area contributed by atoms with Gasteiger partial charge < -0.3 is 9.47 Å². The molecule has 0 fully saturated rings. The maximum absolute atomic E-state index is 12.0. The van der Waals surface area contributed by atoms with Gasteiger partial charge in [-0.05, 0) is 47.2 Å².